The van der Waals surface area contributed by atoms with Crippen LogP contribution in [0.25, 0.3) is 0 Å². The molecule has 7 atom stereocenters. The van der Waals surface area contributed by atoms with Crippen LogP contribution in [-0.2, 0) is 4.43 Å². The second kappa shape index (κ2) is 11.1. The Morgan fingerprint density at radius 1 is 1.13 bits per heavy atom. The van der Waals surface area contributed by atoms with Gasteiger partial charge in [0, 0.05) is 10.7 Å². The molecule has 222 valence electrons. The van der Waals surface area contributed by atoms with E-state index in [0.717, 1.165) is 44.3 Å². The van der Waals surface area contributed by atoms with E-state index in [1.807, 2.05) is 11.8 Å². The summed E-state index contributed by atoms with van der Waals surface area (Å²) in [6, 6.07) is 0. The predicted octanol–water partition coefficient (Wildman–Crippen LogP) is 8.83. The van der Waals surface area contributed by atoms with E-state index in [1.54, 1.807) is 11.1 Å². The van der Waals surface area contributed by atoms with Crippen molar-refractivity contribution in [1.82, 2.24) is 0 Å². The Bertz CT molecular complexity index is 1000. The highest BCUT2D eigenvalue weighted by molar-refractivity contribution is 8.00. The van der Waals surface area contributed by atoms with Crippen LogP contribution in [0.4, 0.5) is 0 Å². The number of fused-ring (bicyclic) bond motifs is 5. The number of hydrogen-bond donors (Lipinski definition) is 2. The third-order valence-electron chi connectivity index (χ3n) is 12.2. The van der Waals surface area contributed by atoms with E-state index in [-0.39, 0.29) is 28.1 Å². The maximum absolute atomic E-state index is 10.9. The fraction of sp³-hybridized carbons (Fsp3) is 0.824. The molecule has 5 heteroatoms. The fourth-order valence-electron chi connectivity index (χ4n) is 8.09. The number of allylic oxidation sites excluding steroid dienone is 4. The molecule has 2 fully saturated rings. The Kier molecular flexibility index (Phi) is 8.96. The van der Waals surface area contributed by atoms with Crippen molar-refractivity contribution in [3.05, 3.63) is 34.9 Å². The monoisotopic (exact) mass is 574 g/mol. The molecule has 0 aromatic rings. The number of rotatable bonds is 9. The smallest absolute Gasteiger partial charge is 0.192 e. The summed E-state index contributed by atoms with van der Waals surface area (Å²) in [5.74, 6) is 2.08. The number of thioether (sulfide) groups is 1. The van der Waals surface area contributed by atoms with Gasteiger partial charge >= 0.3 is 0 Å². The van der Waals surface area contributed by atoms with Gasteiger partial charge in [-0.2, -0.15) is 11.8 Å². The van der Waals surface area contributed by atoms with E-state index in [9.17, 15) is 10.2 Å². The van der Waals surface area contributed by atoms with Gasteiger partial charge in [0.15, 0.2) is 8.32 Å². The van der Waals surface area contributed by atoms with Gasteiger partial charge in [0.25, 0.3) is 0 Å². The number of aliphatic hydroxyl groups is 2. The van der Waals surface area contributed by atoms with Crippen molar-refractivity contribution in [3.63, 3.8) is 0 Å². The molecule has 0 aromatic carbocycles. The van der Waals surface area contributed by atoms with E-state index in [1.165, 1.54) is 18.4 Å². The van der Waals surface area contributed by atoms with Gasteiger partial charge in [0.05, 0.1) is 17.8 Å². The molecule has 0 unspecified atom stereocenters. The summed E-state index contributed by atoms with van der Waals surface area (Å²) in [5.41, 5.74) is 4.37. The topological polar surface area (TPSA) is 49.7 Å². The van der Waals surface area contributed by atoms with Gasteiger partial charge in [-0.25, -0.2) is 0 Å². The molecule has 3 nitrogen and oxygen atoms in total. The first kappa shape index (κ1) is 31.6. The van der Waals surface area contributed by atoms with Crippen molar-refractivity contribution < 1.29 is 14.6 Å². The van der Waals surface area contributed by atoms with Crippen LogP contribution in [-0.4, -0.2) is 47.3 Å². The average molecular weight is 575 g/mol. The van der Waals surface area contributed by atoms with Crippen LogP contribution < -0.4 is 0 Å². The maximum Gasteiger partial charge on any atom is 0.192 e. The summed E-state index contributed by atoms with van der Waals surface area (Å²) in [6.07, 6.45) is 14.8. The van der Waals surface area contributed by atoms with E-state index >= 15 is 0 Å². The molecule has 0 heterocycles. The quantitative estimate of drug-likeness (QED) is 0.213. The van der Waals surface area contributed by atoms with Crippen molar-refractivity contribution in [3.8, 4) is 0 Å². The SMILES string of the molecule is CCC(O)(CC)CCS[C@@H](C)C1=CC[C@H]2C3=CC=C4C[C@@H](O)C[C@@H](O[Si](C)(C)C(C)(C)C)[C@]4(C)[C@H]3CC[C@]12C. The second-order valence-electron chi connectivity index (χ2n) is 15.3. The summed E-state index contributed by atoms with van der Waals surface area (Å²) < 4.78 is 7.20. The summed E-state index contributed by atoms with van der Waals surface area (Å²) in [5, 5.41) is 22.3. The Morgan fingerprint density at radius 2 is 1.79 bits per heavy atom. The first-order chi connectivity index (χ1) is 18.0. The van der Waals surface area contributed by atoms with Gasteiger partial charge in [-0.1, -0.05) is 83.4 Å². The predicted molar refractivity (Wildman–Crippen MR) is 171 cm³/mol. The lowest BCUT2D eigenvalue weighted by Crippen LogP contribution is -2.57. The zero-order valence-electron chi connectivity index (χ0n) is 26.7. The molecule has 0 aliphatic heterocycles. The molecule has 2 N–H and O–H groups in total. The van der Waals surface area contributed by atoms with E-state index in [0.29, 0.717) is 17.1 Å². The molecule has 0 amide bonds. The van der Waals surface area contributed by atoms with Gasteiger partial charge in [0.2, 0.25) is 0 Å². The zero-order chi connectivity index (χ0) is 29.0. The summed E-state index contributed by atoms with van der Waals surface area (Å²) in [6.45, 7) is 23.3. The molecule has 0 spiro atoms. The van der Waals surface area contributed by atoms with Crippen molar-refractivity contribution >= 4 is 20.1 Å². The first-order valence-electron chi connectivity index (χ1n) is 15.8. The third kappa shape index (κ3) is 5.58. The minimum atomic E-state index is -1.99. The van der Waals surface area contributed by atoms with Crippen molar-refractivity contribution in [2.24, 2.45) is 22.7 Å². The molecule has 0 radical (unpaired) electrons. The largest absolute Gasteiger partial charge is 0.413 e. The highest BCUT2D eigenvalue weighted by atomic mass is 32.2. The second-order valence-corrected chi connectivity index (χ2v) is 21.5. The Morgan fingerprint density at radius 3 is 2.41 bits per heavy atom. The molecule has 2 saturated carbocycles. The lowest BCUT2D eigenvalue weighted by molar-refractivity contribution is -0.0417. The Balaban J connectivity index is 1.55. The maximum atomic E-state index is 10.9. The molecular formula is C34H58O3SSi. The Labute approximate surface area is 245 Å². The van der Waals surface area contributed by atoms with E-state index < -0.39 is 13.9 Å². The van der Waals surface area contributed by atoms with E-state index in [2.05, 4.69) is 86.7 Å². The molecule has 0 aromatic heterocycles. The third-order valence-corrected chi connectivity index (χ3v) is 17.9. The lowest BCUT2D eigenvalue weighted by Gasteiger charge is -2.58. The van der Waals surface area contributed by atoms with Crippen LogP contribution in [0, 0.1) is 22.7 Å². The van der Waals surface area contributed by atoms with Crippen molar-refractivity contribution in [2.45, 2.75) is 148 Å². The standard InChI is InChI=1S/C34H58O3SSi/c1-11-34(36,12-2)19-20-38-23(3)27-15-16-28-26-14-13-24-21-25(35)22-30(37-39(9,10)31(4,5)6)33(24,8)29(26)17-18-32(27,28)7/h13-15,23,25,28-30,35-36H,11-12,16-22H2,1-10H3/t23-,25+,28-,29-,30+,32+,33-/m0/s1. The molecular weight excluding hydrogens is 517 g/mol. The van der Waals surface area contributed by atoms with Crippen LogP contribution in [0.3, 0.4) is 0 Å². The number of aliphatic hydroxyl groups excluding tert-OH is 1. The average Bonchev–Trinajstić information content (AvgIpc) is 3.21. The highest BCUT2D eigenvalue weighted by Crippen LogP contribution is 2.65. The van der Waals surface area contributed by atoms with Crippen LogP contribution in [0.1, 0.15) is 107 Å². The molecule has 4 aliphatic rings. The minimum Gasteiger partial charge on any atom is -0.413 e. The normalized spacial score (nSPS) is 35.8. The molecule has 39 heavy (non-hydrogen) atoms. The van der Waals surface area contributed by atoms with Gasteiger partial charge < -0.3 is 14.6 Å². The van der Waals surface area contributed by atoms with Crippen LogP contribution in [0.5, 0.6) is 0 Å². The van der Waals surface area contributed by atoms with Crippen LogP contribution in [0.15, 0.2) is 34.9 Å². The molecule has 4 aliphatic carbocycles. The minimum absolute atomic E-state index is 0.0337. The summed E-state index contributed by atoms with van der Waals surface area (Å²) in [4.78, 5) is 0. The zero-order valence-corrected chi connectivity index (χ0v) is 28.5. The fourth-order valence-corrected chi connectivity index (χ4v) is 10.9. The van der Waals surface area contributed by atoms with Gasteiger partial charge in [0.1, 0.15) is 0 Å². The van der Waals surface area contributed by atoms with Crippen LogP contribution >= 0.6 is 11.8 Å². The molecule has 4 rings (SSSR count). The van der Waals surface area contributed by atoms with E-state index in [4.69, 9.17) is 4.43 Å². The highest BCUT2D eigenvalue weighted by Gasteiger charge is 2.58. The molecule has 0 saturated heterocycles. The summed E-state index contributed by atoms with van der Waals surface area (Å²) >= 11 is 2.04. The lowest BCUT2D eigenvalue weighted by atomic mass is 9.49. The van der Waals surface area contributed by atoms with Crippen molar-refractivity contribution in [1.29, 1.82) is 0 Å². The summed E-state index contributed by atoms with van der Waals surface area (Å²) in [7, 11) is -1.99. The van der Waals surface area contributed by atoms with Gasteiger partial charge in [-0.15, -0.1) is 0 Å². The van der Waals surface area contributed by atoms with Gasteiger partial charge in [-0.3, -0.25) is 0 Å². The van der Waals surface area contributed by atoms with Crippen LogP contribution in [0.2, 0.25) is 18.1 Å². The van der Waals surface area contributed by atoms with Crippen molar-refractivity contribution in [2.75, 3.05) is 5.75 Å². The Hall–Kier alpha value is -0.333. The van der Waals surface area contributed by atoms with Gasteiger partial charge in [-0.05, 0) is 99.4 Å². The number of hydrogen-bond acceptors (Lipinski definition) is 4. The first-order valence-corrected chi connectivity index (χ1v) is 19.8. The molecule has 0 bridgehead atoms.